The molecule has 1 aromatic carbocycles. The average molecular weight is 447 g/mol. The monoisotopic (exact) mass is 446 g/mol. The molecule has 0 bridgehead atoms. The van der Waals surface area contributed by atoms with Gasteiger partial charge in [-0.05, 0) is 74.8 Å². The van der Waals surface area contributed by atoms with E-state index in [0.717, 1.165) is 55.5 Å². The van der Waals surface area contributed by atoms with Crippen LogP contribution in [0.15, 0.2) is 12.1 Å². The highest BCUT2D eigenvalue weighted by Crippen LogP contribution is 2.31. The Bertz CT molecular complexity index is 852. The van der Waals surface area contributed by atoms with Crippen LogP contribution in [0.5, 0.6) is 0 Å². The van der Waals surface area contributed by atoms with E-state index < -0.39 is 6.17 Å². The van der Waals surface area contributed by atoms with Crippen molar-refractivity contribution in [3.63, 3.8) is 0 Å². The molecule has 1 saturated heterocycles. The standard InChI is InChI=1S/C26H36F2N2O2/c1-17-15-29(9-10-30(17)26(32)19-5-3-4-6-19)16-22-13-24(28)12-21(18(22)2)14-25(31)20-7-8-23(27)11-20/h12-13,17,19-20,23H,3-11,14-16H2,1-2H3/t17-,20?,23?/m0/s1. The maximum absolute atomic E-state index is 14.4. The summed E-state index contributed by atoms with van der Waals surface area (Å²) in [5.74, 6) is -0.0342. The van der Waals surface area contributed by atoms with Crippen LogP contribution in [0.3, 0.4) is 0 Å². The molecule has 6 heteroatoms. The second kappa shape index (κ2) is 9.98. The molecule has 2 unspecified atom stereocenters. The van der Waals surface area contributed by atoms with Crippen molar-refractivity contribution in [2.45, 2.75) is 84.0 Å². The largest absolute Gasteiger partial charge is 0.337 e. The first-order valence-electron chi connectivity index (χ1n) is 12.3. The molecule has 176 valence electrons. The number of Topliss-reactive ketones (excluding diaryl/α,β-unsaturated/α-hetero) is 1. The predicted octanol–water partition coefficient (Wildman–Crippen LogP) is 4.61. The lowest BCUT2D eigenvalue weighted by Gasteiger charge is -2.41. The molecule has 3 fully saturated rings. The average Bonchev–Trinajstić information content (AvgIpc) is 3.43. The minimum atomic E-state index is -0.880. The Morgan fingerprint density at radius 1 is 1.03 bits per heavy atom. The summed E-state index contributed by atoms with van der Waals surface area (Å²) in [7, 11) is 0. The zero-order valence-electron chi connectivity index (χ0n) is 19.4. The third-order valence-corrected chi connectivity index (χ3v) is 7.87. The summed E-state index contributed by atoms with van der Waals surface area (Å²) < 4.78 is 27.9. The molecule has 2 saturated carbocycles. The van der Waals surface area contributed by atoms with Crippen LogP contribution in [0.2, 0.25) is 0 Å². The van der Waals surface area contributed by atoms with Gasteiger partial charge in [-0.2, -0.15) is 0 Å². The van der Waals surface area contributed by atoms with E-state index in [1.165, 1.54) is 6.07 Å². The lowest BCUT2D eigenvalue weighted by atomic mass is 9.92. The minimum Gasteiger partial charge on any atom is -0.337 e. The second-order valence-corrected chi connectivity index (χ2v) is 10.2. The fourth-order valence-corrected chi connectivity index (χ4v) is 5.85. The van der Waals surface area contributed by atoms with Crippen molar-refractivity contribution in [1.29, 1.82) is 0 Å². The first kappa shape index (κ1) is 23.3. The summed E-state index contributed by atoms with van der Waals surface area (Å²) in [4.78, 5) is 29.8. The summed E-state index contributed by atoms with van der Waals surface area (Å²) >= 11 is 0. The quantitative estimate of drug-likeness (QED) is 0.641. The first-order chi connectivity index (χ1) is 15.3. The van der Waals surface area contributed by atoms with Crippen molar-refractivity contribution in [3.8, 4) is 0 Å². The van der Waals surface area contributed by atoms with Gasteiger partial charge >= 0.3 is 0 Å². The van der Waals surface area contributed by atoms with E-state index in [2.05, 4.69) is 11.8 Å². The molecule has 1 amide bonds. The SMILES string of the molecule is Cc1c(CC(=O)C2CCC(F)C2)cc(F)cc1CN1CCN(C(=O)C2CCCC2)[C@@H](C)C1. The second-order valence-electron chi connectivity index (χ2n) is 10.2. The van der Waals surface area contributed by atoms with E-state index >= 15 is 0 Å². The van der Waals surface area contributed by atoms with Crippen LogP contribution in [0.1, 0.15) is 68.6 Å². The van der Waals surface area contributed by atoms with Crippen LogP contribution in [0.4, 0.5) is 8.78 Å². The fourth-order valence-electron chi connectivity index (χ4n) is 5.85. The molecule has 4 rings (SSSR count). The number of carbonyl (C=O) groups is 2. The molecule has 3 atom stereocenters. The van der Waals surface area contributed by atoms with Gasteiger partial charge in [-0.25, -0.2) is 8.78 Å². The summed E-state index contributed by atoms with van der Waals surface area (Å²) in [5, 5.41) is 0. The van der Waals surface area contributed by atoms with Crippen LogP contribution >= 0.6 is 0 Å². The number of piperazine rings is 1. The Morgan fingerprint density at radius 2 is 1.75 bits per heavy atom. The van der Waals surface area contributed by atoms with Crippen molar-refractivity contribution in [3.05, 3.63) is 34.6 Å². The van der Waals surface area contributed by atoms with Gasteiger partial charge in [-0.15, -0.1) is 0 Å². The van der Waals surface area contributed by atoms with Gasteiger partial charge < -0.3 is 4.90 Å². The molecular formula is C26H36F2N2O2. The van der Waals surface area contributed by atoms with Gasteiger partial charge in [0.1, 0.15) is 17.8 Å². The van der Waals surface area contributed by atoms with Crippen LogP contribution < -0.4 is 0 Å². The Hall–Kier alpha value is -1.82. The van der Waals surface area contributed by atoms with Crippen molar-refractivity contribution < 1.29 is 18.4 Å². The van der Waals surface area contributed by atoms with Gasteiger partial charge in [0.2, 0.25) is 5.91 Å². The number of hydrogen-bond donors (Lipinski definition) is 0. The van der Waals surface area contributed by atoms with E-state index in [4.69, 9.17) is 0 Å². The van der Waals surface area contributed by atoms with Crippen molar-refractivity contribution in [1.82, 2.24) is 9.80 Å². The molecule has 32 heavy (non-hydrogen) atoms. The van der Waals surface area contributed by atoms with E-state index in [1.807, 2.05) is 11.8 Å². The van der Waals surface area contributed by atoms with Crippen LogP contribution in [-0.2, 0) is 22.6 Å². The van der Waals surface area contributed by atoms with Crippen molar-refractivity contribution in [2.24, 2.45) is 11.8 Å². The number of hydrogen-bond acceptors (Lipinski definition) is 3. The molecule has 0 N–H and O–H groups in total. The number of carbonyl (C=O) groups excluding carboxylic acids is 2. The molecular weight excluding hydrogens is 410 g/mol. The number of amides is 1. The zero-order valence-corrected chi connectivity index (χ0v) is 19.4. The van der Waals surface area contributed by atoms with Gasteiger partial charge in [-0.3, -0.25) is 14.5 Å². The van der Waals surface area contributed by atoms with Gasteiger partial charge in [0.15, 0.2) is 0 Å². The highest BCUT2D eigenvalue weighted by Gasteiger charge is 2.33. The lowest BCUT2D eigenvalue weighted by molar-refractivity contribution is -0.140. The Balaban J connectivity index is 1.39. The minimum absolute atomic E-state index is 0.0254. The number of rotatable bonds is 6. The molecule has 0 spiro atoms. The van der Waals surface area contributed by atoms with Gasteiger partial charge in [0.05, 0.1) is 0 Å². The summed E-state index contributed by atoms with van der Waals surface area (Å²) in [6.45, 7) is 6.91. The van der Waals surface area contributed by atoms with Gasteiger partial charge in [0.25, 0.3) is 0 Å². The fraction of sp³-hybridized carbons (Fsp3) is 0.692. The zero-order chi connectivity index (χ0) is 22.8. The number of halogens is 2. The van der Waals surface area contributed by atoms with E-state index in [1.54, 1.807) is 6.07 Å². The highest BCUT2D eigenvalue weighted by molar-refractivity contribution is 5.84. The summed E-state index contributed by atoms with van der Waals surface area (Å²) in [6, 6.07) is 3.17. The number of nitrogens with zero attached hydrogens (tertiary/aromatic N) is 2. The molecule has 4 nitrogen and oxygen atoms in total. The van der Waals surface area contributed by atoms with Crippen LogP contribution in [-0.4, -0.2) is 53.3 Å². The number of benzene rings is 1. The molecule has 1 heterocycles. The summed E-state index contributed by atoms with van der Waals surface area (Å²) in [5.41, 5.74) is 2.56. The number of ketones is 1. The van der Waals surface area contributed by atoms with E-state index in [0.29, 0.717) is 38.3 Å². The smallest absolute Gasteiger partial charge is 0.226 e. The normalized spacial score (nSPS) is 27.2. The van der Waals surface area contributed by atoms with Gasteiger partial charge in [0, 0.05) is 50.5 Å². The van der Waals surface area contributed by atoms with E-state index in [9.17, 15) is 18.4 Å². The maximum atomic E-state index is 14.4. The Kier molecular flexibility index (Phi) is 7.28. The van der Waals surface area contributed by atoms with Gasteiger partial charge in [-0.1, -0.05) is 12.8 Å². The lowest BCUT2D eigenvalue weighted by Crippen LogP contribution is -2.54. The molecule has 0 radical (unpaired) electrons. The molecule has 3 aliphatic rings. The molecule has 2 aliphatic carbocycles. The third kappa shape index (κ3) is 5.22. The van der Waals surface area contributed by atoms with Crippen molar-refractivity contribution in [2.75, 3.05) is 19.6 Å². The van der Waals surface area contributed by atoms with Crippen molar-refractivity contribution >= 4 is 11.7 Å². The Morgan fingerprint density at radius 3 is 2.41 bits per heavy atom. The topological polar surface area (TPSA) is 40.6 Å². The predicted molar refractivity (Wildman–Crippen MR) is 120 cm³/mol. The Labute approximate surface area is 190 Å². The molecule has 1 aliphatic heterocycles. The summed E-state index contributed by atoms with van der Waals surface area (Å²) in [6.07, 6.45) is 5.00. The van der Waals surface area contributed by atoms with Crippen LogP contribution in [0.25, 0.3) is 0 Å². The third-order valence-electron chi connectivity index (χ3n) is 7.87. The van der Waals surface area contributed by atoms with E-state index in [-0.39, 0.29) is 35.9 Å². The first-order valence-corrected chi connectivity index (χ1v) is 12.3. The molecule has 1 aromatic rings. The number of alkyl halides is 1. The van der Waals surface area contributed by atoms with Crippen LogP contribution in [0, 0.1) is 24.6 Å². The molecule has 0 aromatic heterocycles. The highest BCUT2D eigenvalue weighted by atomic mass is 19.1. The maximum Gasteiger partial charge on any atom is 0.226 e.